The fourth-order valence-corrected chi connectivity index (χ4v) is 4.15. The fraction of sp³-hybridized carbons (Fsp3) is 0.273. The number of aliphatic carboxylic acids is 1. The van der Waals surface area contributed by atoms with Crippen molar-refractivity contribution in [3.63, 3.8) is 0 Å². The summed E-state index contributed by atoms with van der Waals surface area (Å²) in [7, 11) is 0. The van der Waals surface area contributed by atoms with Crippen LogP contribution in [0.3, 0.4) is 0 Å². The number of fused-ring (bicyclic) bond motifs is 2. The van der Waals surface area contributed by atoms with Gasteiger partial charge in [0, 0.05) is 27.9 Å². The lowest BCUT2D eigenvalue weighted by atomic mass is 9.78. The van der Waals surface area contributed by atoms with Crippen LogP contribution >= 0.6 is 0 Å². The maximum atomic E-state index is 12.8. The van der Waals surface area contributed by atoms with Crippen molar-refractivity contribution < 1.29 is 24.3 Å². The van der Waals surface area contributed by atoms with Gasteiger partial charge in [-0.3, -0.25) is 19.2 Å². The van der Waals surface area contributed by atoms with Crippen LogP contribution in [0.2, 0.25) is 0 Å². The predicted octanol–water partition coefficient (Wildman–Crippen LogP) is 3.29. The Bertz CT molecular complexity index is 1010. The Kier molecular flexibility index (Phi) is 4.55. The number of ketones is 2. The van der Waals surface area contributed by atoms with E-state index >= 15 is 0 Å². The molecule has 2 aliphatic carbocycles. The first-order valence-corrected chi connectivity index (χ1v) is 9.33. The molecular weight excluding hydrogens is 358 g/mol. The number of benzene rings is 2. The third kappa shape index (κ3) is 3.01. The van der Waals surface area contributed by atoms with E-state index in [0.717, 1.165) is 12.8 Å². The third-order valence-corrected chi connectivity index (χ3v) is 5.61. The Morgan fingerprint density at radius 2 is 1.39 bits per heavy atom. The van der Waals surface area contributed by atoms with E-state index in [1.165, 1.54) is 12.1 Å². The monoisotopic (exact) mass is 377 g/mol. The van der Waals surface area contributed by atoms with E-state index in [4.69, 9.17) is 0 Å². The molecule has 0 saturated heterocycles. The van der Waals surface area contributed by atoms with Gasteiger partial charge in [-0.05, 0) is 31.0 Å². The van der Waals surface area contributed by atoms with Crippen LogP contribution in [0.15, 0.2) is 42.5 Å². The molecule has 2 N–H and O–H groups in total. The Morgan fingerprint density at radius 1 is 0.821 bits per heavy atom. The minimum atomic E-state index is -0.956. The molecular formula is C22H19NO5. The lowest BCUT2D eigenvalue weighted by Crippen LogP contribution is -2.36. The van der Waals surface area contributed by atoms with E-state index in [-0.39, 0.29) is 23.0 Å². The average Bonchev–Trinajstić information content (AvgIpc) is 2.72. The topological polar surface area (TPSA) is 101 Å². The largest absolute Gasteiger partial charge is 0.481 e. The van der Waals surface area contributed by atoms with Gasteiger partial charge in [0.1, 0.15) is 0 Å². The lowest BCUT2D eigenvalue weighted by Gasteiger charge is -2.27. The number of carbonyl (C=O) groups excluding carboxylic acids is 3. The Morgan fingerprint density at radius 3 is 2.04 bits per heavy atom. The van der Waals surface area contributed by atoms with E-state index < -0.39 is 17.8 Å². The molecule has 1 fully saturated rings. The first kappa shape index (κ1) is 18.1. The van der Waals surface area contributed by atoms with Crippen molar-refractivity contribution in [2.75, 3.05) is 5.32 Å². The number of rotatable bonds is 3. The zero-order valence-corrected chi connectivity index (χ0v) is 15.1. The fourth-order valence-electron chi connectivity index (χ4n) is 4.15. The molecule has 0 aromatic heterocycles. The van der Waals surface area contributed by atoms with E-state index in [9.17, 15) is 24.3 Å². The predicted molar refractivity (Wildman–Crippen MR) is 101 cm³/mol. The first-order chi connectivity index (χ1) is 13.5. The van der Waals surface area contributed by atoms with Crippen LogP contribution in [0.1, 0.15) is 57.5 Å². The highest BCUT2D eigenvalue weighted by molar-refractivity contribution is 6.28. The normalized spacial score (nSPS) is 20.9. The number of carboxylic acid groups (broad SMARTS) is 1. The Labute approximate surface area is 161 Å². The summed E-state index contributed by atoms with van der Waals surface area (Å²) >= 11 is 0. The molecule has 0 aliphatic heterocycles. The summed E-state index contributed by atoms with van der Waals surface area (Å²) in [4.78, 5) is 49.6. The van der Waals surface area contributed by atoms with E-state index in [1.54, 1.807) is 30.3 Å². The molecule has 2 aliphatic rings. The standard InChI is InChI=1S/C22H19NO5/c24-19-13-5-1-2-6-14(13)20(25)18-11-12(9-10-15(18)19)23-21(26)16-7-3-4-8-17(16)22(27)28/h1-2,5-6,9-11,16-17H,3-4,7-8H2,(H,23,26)(H,27,28)/t16-,17-/m1/s1. The zero-order valence-electron chi connectivity index (χ0n) is 15.1. The maximum absolute atomic E-state index is 12.8. The summed E-state index contributed by atoms with van der Waals surface area (Å²) in [5.74, 6) is -3.09. The van der Waals surface area contributed by atoms with Gasteiger partial charge in [-0.15, -0.1) is 0 Å². The van der Waals surface area contributed by atoms with Crippen molar-refractivity contribution in [2.45, 2.75) is 25.7 Å². The molecule has 28 heavy (non-hydrogen) atoms. The molecule has 0 spiro atoms. The van der Waals surface area contributed by atoms with Gasteiger partial charge in [-0.1, -0.05) is 37.1 Å². The van der Waals surface area contributed by atoms with Crippen molar-refractivity contribution in [1.82, 2.24) is 0 Å². The van der Waals surface area contributed by atoms with Crippen LogP contribution in [0.5, 0.6) is 0 Å². The molecule has 0 unspecified atom stereocenters. The van der Waals surface area contributed by atoms with Crippen molar-refractivity contribution in [3.05, 3.63) is 64.7 Å². The van der Waals surface area contributed by atoms with Crippen LogP contribution < -0.4 is 5.32 Å². The number of anilines is 1. The maximum Gasteiger partial charge on any atom is 0.307 e. The summed E-state index contributed by atoms with van der Waals surface area (Å²) in [6.45, 7) is 0. The van der Waals surface area contributed by atoms with Crippen molar-refractivity contribution in [1.29, 1.82) is 0 Å². The molecule has 2 aromatic rings. The summed E-state index contributed by atoms with van der Waals surface area (Å²) < 4.78 is 0. The highest BCUT2D eigenvalue weighted by atomic mass is 16.4. The summed E-state index contributed by atoms with van der Waals surface area (Å²) in [6.07, 6.45) is 2.63. The molecule has 0 heterocycles. The minimum absolute atomic E-state index is 0.221. The van der Waals surface area contributed by atoms with Crippen molar-refractivity contribution >= 4 is 29.1 Å². The second-order valence-corrected chi connectivity index (χ2v) is 7.29. The van der Waals surface area contributed by atoms with Gasteiger partial charge in [0.15, 0.2) is 11.6 Å². The molecule has 4 rings (SSSR count). The van der Waals surface area contributed by atoms with Gasteiger partial charge >= 0.3 is 5.97 Å². The Hall–Kier alpha value is -3.28. The van der Waals surface area contributed by atoms with Crippen LogP contribution in [-0.4, -0.2) is 28.5 Å². The highest BCUT2D eigenvalue weighted by Gasteiger charge is 2.36. The summed E-state index contributed by atoms with van der Waals surface area (Å²) in [5, 5.41) is 12.1. The number of nitrogens with one attached hydrogen (secondary N) is 1. The highest BCUT2D eigenvalue weighted by Crippen LogP contribution is 2.33. The van der Waals surface area contributed by atoms with E-state index in [2.05, 4.69) is 5.32 Å². The molecule has 1 saturated carbocycles. The van der Waals surface area contributed by atoms with Gasteiger partial charge in [-0.2, -0.15) is 0 Å². The molecule has 1 amide bonds. The second-order valence-electron chi connectivity index (χ2n) is 7.29. The number of hydrogen-bond acceptors (Lipinski definition) is 4. The van der Waals surface area contributed by atoms with Crippen LogP contribution in [0.4, 0.5) is 5.69 Å². The van der Waals surface area contributed by atoms with Crippen LogP contribution in [0, 0.1) is 11.8 Å². The quantitative estimate of drug-likeness (QED) is 0.729. The smallest absolute Gasteiger partial charge is 0.307 e. The zero-order chi connectivity index (χ0) is 19.8. The molecule has 0 radical (unpaired) electrons. The molecule has 142 valence electrons. The number of hydrogen-bond donors (Lipinski definition) is 2. The molecule has 2 atom stereocenters. The van der Waals surface area contributed by atoms with Gasteiger partial charge < -0.3 is 10.4 Å². The van der Waals surface area contributed by atoms with E-state index in [1.807, 2.05) is 0 Å². The first-order valence-electron chi connectivity index (χ1n) is 9.33. The van der Waals surface area contributed by atoms with Gasteiger partial charge in [0.05, 0.1) is 11.8 Å². The molecule has 6 nitrogen and oxygen atoms in total. The molecule has 0 bridgehead atoms. The molecule has 6 heteroatoms. The van der Waals surface area contributed by atoms with Crippen LogP contribution in [0.25, 0.3) is 0 Å². The SMILES string of the molecule is O=C1c2ccccc2C(=O)c2cc(NC(=O)[C@@H]3CCCC[C@H]3C(=O)O)ccc21. The van der Waals surface area contributed by atoms with Gasteiger partial charge in [0.2, 0.25) is 5.91 Å². The van der Waals surface area contributed by atoms with E-state index in [0.29, 0.717) is 35.2 Å². The van der Waals surface area contributed by atoms with Crippen molar-refractivity contribution in [3.8, 4) is 0 Å². The third-order valence-electron chi connectivity index (χ3n) is 5.61. The number of carbonyl (C=O) groups is 4. The summed E-state index contributed by atoms with van der Waals surface area (Å²) in [6, 6.07) is 11.3. The second kappa shape index (κ2) is 7.03. The van der Waals surface area contributed by atoms with Gasteiger partial charge in [0.25, 0.3) is 0 Å². The van der Waals surface area contributed by atoms with Crippen molar-refractivity contribution in [2.24, 2.45) is 11.8 Å². The lowest BCUT2D eigenvalue weighted by molar-refractivity contribution is -0.147. The molecule has 2 aromatic carbocycles. The minimum Gasteiger partial charge on any atom is -0.481 e. The Balaban J connectivity index is 1.61. The number of carboxylic acids is 1. The number of amides is 1. The van der Waals surface area contributed by atoms with Gasteiger partial charge in [-0.25, -0.2) is 0 Å². The summed E-state index contributed by atoms with van der Waals surface area (Å²) in [5.41, 5.74) is 1.67. The average molecular weight is 377 g/mol. The van der Waals surface area contributed by atoms with Crippen LogP contribution in [-0.2, 0) is 9.59 Å².